The minimum absolute atomic E-state index is 0.186. The lowest BCUT2D eigenvalue weighted by Crippen LogP contribution is -2.26. The van der Waals surface area contributed by atoms with Crippen LogP contribution in [0.5, 0.6) is 0 Å². The number of nitrogens with zero attached hydrogens (tertiary/aromatic N) is 5. The fraction of sp³-hybridized carbons (Fsp3) is 0.208. The first-order valence-electron chi connectivity index (χ1n) is 10.2. The van der Waals surface area contributed by atoms with Gasteiger partial charge in [0.15, 0.2) is 0 Å². The average molecular weight is 468 g/mol. The number of carbonyl (C=O) groups excluding carboxylic acids is 1. The molecule has 164 valence electrons. The van der Waals surface area contributed by atoms with Crippen molar-refractivity contribution in [3.8, 4) is 0 Å². The van der Waals surface area contributed by atoms with Gasteiger partial charge in [-0.1, -0.05) is 71.7 Å². The Labute approximate surface area is 197 Å². The van der Waals surface area contributed by atoms with Gasteiger partial charge in [-0.2, -0.15) is 10.2 Å². The van der Waals surface area contributed by atoms with E-state index < -0.39 is 0 Å². The summed E-state index contributed by atoms with van der Waals surface area (Å²) in [7, 11) is 1.75. The molecule has 4 aromatic rings. The molecule has 0 spiro atoms. The third-order valence-corrected chi connectivity index (χ3v) is 5.95. The zero-order valence-corrected chi connectivity index (χ0v) is 19.4. The Morgan fingerprint density at radius 2 is 1.72 bits per heavy atom. The largest absolute Gasteiger partial charge is 0.337 e. The highest BCUT2D eigenvalue weighted by Gasteiger charge is 2.24. The number of halogens is 2. The summed E-state index contributed by atoms with van der Waals surface area (Å²) in [6, 6.07) is 17.6. The van der Waals surface area contributed by atoms with Crippen LogP contribution in [0.25, 0.3) is 0 Å². The number of hydrogen-bond donors (Lipinski definition) is 0. The van der Waals surface area contributed by atoms with Gasteiger partial charge < -0.3 is 4.90 Å². The van der Waals surface area contributed by atoms with Crippen molar-refractivity contribution in [2.75, 3.05) is 7.05 Å². The van der Waals surface area contributed by atoms with Crippen molar-refractivity contribution in [2.45, 2.75) is 26.6 Å². The maximum Gasteiger partial charge on any atom is 0.258 e. The zero-order chi connectivity index (χ0) is 22.7. The topological polar surface area (TPSA) is 56.0 Å². The van der Waals surface area contributed by atoms with E-state index in [1.54, 1.807) is 29.7 Å². The predicted molar refractivity (Wildman–Crippen MR) is 126 cm³/mol. The van der Waals surface area contributed by atoms with Crippen LogP contribution in [0.2, 0.25) is 10.2 Å². The third kappa shape index (κ3) is 4.87. The van der Waals surface area contributed by atoms with Crippen molar-refractivity contribution in [1.82, 2.24) is 24.5 Å². The number of rotatable bonds is 7. The highest BCUT2D eigenvalue weighted by atomic mass is 35.5. The van der Waals surface area contributed by atoms with Crippen LogP contribution in [0.1, 0.15) is 32.7 Å². The van der Waals surface area contributed by atoms with Crippen molar-refractivity contribution >= 4 is 29.1 Å². The molecule has 0 unspecified atom stereocenters. The second-order valence-electron chi connectivity index (χ2n) is 7.69. The second-order valence-corrected chi connectivity index (χ2v) is 8.46. The fourth-order valence-corrected chi connectivity index (χ4v) is 4.08. The first-order valence-corrected chi connectivity index (χ1v) is 10.9. The molecule has 0 fully saturated rings. The Kier molecular flexibility index (Phi) is 6.63. The van der Waals surface area contributed by atoms with E-state index in [4.69, 9.17) is 23.2 Å². The molecule has 32 heavy (non-hydrogen) atoms. The molecule has 2 aromatic heterocycles. The molecule has 0 aliphatic heterocycles. The van der Waals surface area contributed by atoms with Crippen LogP contribution in [-0.2, 0) is 19.6 Å². The molecule has 2 aromatic carbocycles. The van der Waals surface area contributed by atoms with E-state index >= 15 is 0 Å². The van der Waals surface area contributed by atoms with E-state index in [1.807, 2.05) is 53.3 Å². The monoisotopic (exact) mass is 467 g/mol. The molecule has 0 atom stereocenters. The van der Waals surface area contributed by atoms with Gasteiger partial charge in [0.05, 0.1) is 30.5 Å². The summed E-state index contributed by atoms with van der Waals surface area (Å²) in [5.74, 6) is -0.186. The van der Waals surface area contributed by atoms with Crippen LogP contribution in [0.4, 0.5) is 0 Å². The van der Waals surface area contributed by atoms with E-state index in [2.05, 4.69) is 22.3 Å². The molecular weight excluding hydrogens is 445 g/mol. The molecule has 1 amide bonds. The summed E-state index contributed by atoms with van der Waals surface area (Å²) in [6.07, 6.45) is 3.73. The molecule has 2 heterocycles. The molecule has 0 aliphatic carbocycles. The van der Waals surface area contributed by atoms with Crippen molar-refractivity contribution in [3.63, 3.8) is 0 Å². The van der Waals surface area contributed by atoms with Gasteiger partial charge in [0, 0.05) is 30.4 Å². The van der Waals surface area contributed by atoms with Crippen LogP contribution in [-0.4, -0.2) is 37.4 Å². The van der Waals surface area contributed by atoms with Crippen LogP contribution in [0.15, 0.2) is 67.0 Å². The smallest absolute Gasteiger partial charge is 0.258 e. The van der Waals surface area contributed by atoms with E-state index in [0.717, 1.165) is 11.1 Å². The number of aryl methyl sites for hydroxylation is 1. The number of amides is 1. The summed E-state index contributed by atoms with van der Waals surface area (Å²) < 4.78 is 3.47. The van der Waals surface area contributed by atoms with E-state index in [0.29, 0.717) is 41.1 Å². The lowest BCUT2D eigenvalue weighted by molar-refractivity contribution is 0.0784. The third-order valence-electron chi connectivity index (χ3n) is 5.20. The molecule has 4 rings (SSSR count). The van der Waals surface area contributed by atoms with Gasteiger partial charge >= 0.3 is 0 Å². The summed E-state index contributed by atoms with van der Waals surface area (Å²) >= 11 is 12.8. The standard InChI is InChI=1S/C24H23Cl2N5O/c1-17-22(23(26)31(28-17)16-20-10-6-7-11-21(20)25)24(32)29(2)13-19-12-27-30(15-19)14-18-8-4-3-5-9-18/h3-12,15H,13-14,16H2,1-2H3. The maximum absolute atomic E-state index is 13.2. The first-order chi connectivity index (χ1) is 15.4. The Bertz CT molecular complexity index is 1230. The Hall–Kier alpha value is -3.09. The lowest BCUT2D eigenvalue weighted by atomic mass is 10.2. The molecule has 0 saturated carbocycles. The fourth-order valence-electron chi connectivity index (χ4n) is 3.57. The molecule has 0 bridgehead atoms. The molecule has 0 N–H and O–H groups in total. The lowest BCUT2D eigenvalue weighted by Gasteiger charge is -2.16. The Balaban J connectivity index is 1.46. The highest BCUT2D eigenvalue weighted by molar-refractivity contribution is 6.33. The van der Waals surface area contributed by atoms with Crippen LogP contribution in [0, 0.1) is 6.92 Å². The molecule has 0 aliphatic rings. The number of benzene rings is 2. The van der Waals surface area contributed by atoms with Crippen molar-refractivity contribution < 1.29 is 4.79 Å². The number of carbonyl (C=O) groups is 1. The Morgan fingerprint density at radius 3 is 2.47 bits per heavy atom. The first kappa shape index (κ1) is 22.1. The van der Waals surface area contributed by atoms with Crippen molar-refractivity contribution in [3.05, 3.63) is 105 Å². The normalized spacial score (nSPS) is 11.0. The van der Waals surface area contributed by atoms with Gasteiger partial charge in [-0.3, -0.25) is 9.48 Å². The van der Waals surface area contributed by atoms with E-state index in [1.165, 1.54) is 5.56 Å². The van der Waals surface area contributed by atoms with Gasteiger partial charge in [0.1, 0.15) is 5.15 Å². The maximum atomic E-state index is 13.2. The number of aromatic nitrogens is 4. The van der Waals surface area contributed by atoms with Gasteiger partial charge in [0.25, 0.3) is 5.91 Å². The molecule has 6 nitrogen and oxygen atoms in total. The van der Waals surface area contributed by atoms with Crippen LogP contribution < -0.4 is 0 Å². The van der Waals surface area contributed by atoms with Crippen LogP contribution >= 0.6 is 23.2 Å². The molecule has 0 saturated heterocycles. The zero-order valence-electron chi connectivity index (χ0n) is 17.9. The molecule has 8 heteroatoms. The van der Waals surface area contributed by atoms with Gasteiger partial charge in [-0.25, -0.2) is 4.68 Å². The van der Waals surface area contributed by atoms with E-state index in [9.17, 15) is 4.79 Å². The quantitative estimate of drug-likeness (QED) is 0.381. The molecular formula is C24H23Cl2N5O. The van der Waals surface area contributed by atoms with Crippen LogP contribution in [0.3, 0.4) is 0 Å². The van der Waals surface area contributed by atoms with E-state index in [-0.39, 0.29) is 5.91 Å². The van der Waals surface area contributed by atoms with Crippen molar-refractivity contribution in [2.24, 2.45) is 0 Å². The molecule has 0 radical (unpaired) electrons. The second kappa shape index (κ2) is 9.59. The summed E-state index contributed by atoms with van der Waals surface area (Å²) in [4.78, 5) is 14.8. The highest BCUT2D eigenvalue weighted by Crippen LogP contribution is 2.24. The average Bonchev–Trinajstić information content (AvgIpc) is 3.33. The van der Waals surface area contributed by atoms with Gasteiger partial charge in [0.2, 0.25) is 0 Å². The SMILES string of the molecule is Cc1nn(Cc2ccccc2Cl)c(Cl)c1C(=O)N(C)Cc1cnn(Cc2ccccc2)c1. The minimum atomic E-state index is -0.186. The van der Waals surface area contributed by atoms with Crippen molar-refractivity contribution in [1.29, 1.82) is 0 Å². The summed E-state index contributed by atoms with van der Waals surface area (Å²) in [6.45, 7) is 3.27. The minimum Gasteiger partial charge on any atom is -0.337 e. The summed E-state index contributed by atoms with van der Waals surface area (Å²) in [5, 5.41) is 9.82. The van der Waals surface area contributed by atoms with Gasteiger partial charge in [-0.05, 0) is 24.1 Å². The predicted octanol–water partition coefficient (Wildman–Crippen LogP) is 5.06. The van der Waals surface area contributed by atoms with Gasteiger partial charge in [-0.15, -0.1) is 0 Å². The Morgan fingerprint density at radius 1 is 1.00 bits per heavy atom. The number of hydrogen-bond acceptors (Lipinski definition) is 3. The summed E-state index contributed by atoms with van der Waals surface area (Å²) in [5.41, 5.74) is 3.97.